The van der Waals surface area contributed by atoms with Gasteiger partial charge in [-0.05, 0) is 87.3 Å². The summed E-state index contributed by atoms with van der Waals surface area (Å²) in [5, 5.41) is 10.5. The average molecular weight is 635 g/mol. The fourth-order valence-corrected chi connectivity index (χ4v) is 9.44. The molecule has 10 rings (SSSR count). The minimum Gasteiger partial charge on any atom is -0.310 e. The summed E-state index contributed by atoms with van der Waals surface area (Å²) in [6.07, 6.45) is 3.74. The quantitative estimate of drug-likeness (QED) is 0.191. The molecule has 0 fully saturated rings. The molecule has 0 amide bonds. The molecule has 0 saturated carbocycles. The Labute approximate surface area is 279 Å². The summed E-state index contributed by atoms with van der Waals surface area (Å²) in [6.45, 7) is 0. The summed E-state index contributed by atoms with van der Waals surface area (Å²) in [4.78, 5) is 6.74. The molecule has 47 heavy (non-hydrogen) atoms. The Balaban J connectivity index is 1.17. The van der Waals surface area contributed by atoms with E-state index in [0.717, 1.165) is 28.2 Å². The molecule has 0 aliphatic heterocycles. The molecule has 0 aliphatic carbocycles. The van der Waals surface area contributed by atoms with Crippen molar-refractivity contribution >= 4 is 102 Å². The van der Waals surface area contributed by atoms with Crippen LogP contribution in [0.5, 0.6) is 0 Å². The second kappa shape index (κ2) is 10.5. The van der Waals surface area contributed by atoms with Crippen LogP contribution in [0.15, 0.2) is 158 Å². The van der Waals surface area contributed by atoms with Gasteiger partial charge in [-0.2, -0.15) is 0 Å². The van der Waals surface area contributed by atoms with E-state index in [4.69, 9.17) is 0 Å². The van der Waals surface area contributed by atoms with Crippen molar-refractivity contribution in [1.82, 2.24) is 4.98 Å². The van der Waals surface area contributed by atoms with Gasteiger partial charge in [-0.15, -0.1) is 22.7 Å². The Hall–Kier alpha value is -5.55. The van der Waals surface area contributed by atoms with E-state index in [2.05, 4.69) is 149 Å². The maximum atomic E-state index is 4.34. The van der Waals surface area contributed by atoms with Gasteiger partial charge in [-0.25, -0.2) is 0 Å². The van der Waals surface area contributed by atoms with Crippen LogP contribution in [-0.4, -0.2) is 4.98 Å². The fraction of sp³-hybridized carbons (Fsp3) is 0. The third-order valence-electron chi connectivity index (χ3n) is 9.33. The van der Waals surface area contributed by atoms with Crippen molar-refractivity contribution in [3.05, 3.63) is 158 Å². The van der Waals surface area contributed by atoms with Gasteiger partial charge in [0.25, 0.3) is 0 Å². The van der Waals surface area contributed by atoms with Gasteiger partial charge >= 0.3 is 0 Å². The molecule has 10 aromatic rings. The highest BCUT2D eigenvalue weighted by Gasteiger charge is 2.18. The maximum Gasteiger partial charge on any atom is 0.0476 e. The fourth-order valence-electron chi connectivity index (χ4n) is 7.13. The first-order chi connectivity index (χ1) is 23.3. The van der Waals surface area contributed by atoms with E-state index in [0.29, 0.717) is 0 Å². The van der Waals surface area contributed by atoms with E-state index in [1.807, 2.05) is 41.1 Å². The molecule has 0 saturated heterocycles. The predicted octanol–water partition coefficient (Wildman–Crippen LogP) is 13.3. The molecule has 7 aromatic carbocycles. The summed E-state index contributed by atoms with van der Waals surface area (Å²) >= 11 is 3.75. The van der Waals surface area contributed by atoms with Gasteiger partial charge in [0, 0.05) is 69.8 Å². The monoisotopic (exact) mass is 634 g/mol. The molecule has 0 atom stereocenters. The van der Waals surface area contributed by atoms with Crippen molar-refractivity contribution in [1.29, 1.82) is 0 Å². The first-order valence-corrected chi connectivity index (χ1v) is 17.4. The van der Waals surface area contributed by atoms with Crippen molar-refractivity contribution in [2.24, 2.45) is 0 Å². The zero-order valence-electron chi connectivity index (χ0n) is 25.2. The molecule has 0 N–H and O–H groups in total. The second-order valence-electron chi connectivity index (χ2n) is 12.0. The highest BCUT2D eigenvalue weighted by Crippen LogP contribution is 2.45. The molecule has 2 nitrogen and oxygen atoms in total. The van der Waals surface area contributed by atoms with E-state index in [9.17, 15) is 0 Å². The van der Waals surface area contributed by atoms with Gasteiger partial charge in [-0.3, -0.25) is 4.98 Å². The molecule has 3 aromatic heterocycles. The van der Waals surface area contributed by atoms with Gasteiger partial charge in [0.15, 0.2) is 0 Å². The summed E-state index contributed by atoms with van der Waals surface area (Å²) in [6, 6.07) is 53.4. The van der Waals surface area contributed by atoms with Crippen LogP contribution in [-0.2, 0) is 0 Å². The van der Waals surface area contributed by atoms with Crippen molar-refractivity contribution < 1.29 is 0 Å². The van der Waals surface area contributed by atoms with Crippen molar-refractivity contribution in [2.45, 2.75) is 0 Å². The SMILES string of the molecule is c1cncc(-c2ccc(N(c3ccc4c(c3)sc3ccc5ccccc5c34)c3ccc4c(c3)sc3ccc5ccccc5c34)cc2)c1. The Bertz CT molecular complexity index is 2640. The molecule has 0 unspecified atom stereocenters. The number of pyridine rings is 1. The van der Waals surface area contributed by atoms with Crippen molar-refractivity contribution in [3.63, 3.8) is 0 Å². The number of anilines is 3. The largest absolute Gasteiger partial charge is 0.310 e. The van der Waals surface area contributed by atoms with Crippen LogP contribution >= 0.6 is 22.7 Å². The zero-order valence-corrected chi connectivity index (χ0v) is 26.9. The van der Waals surface area contributed by atoms with Crippen LogP contribution in [0.2, 0.25) is 0 Å². The number of hydrogen-bond acceptors (Lipinski definition) is 4. The lowest BCUT2D eigenvalue weighted by molar-refractivity contribution is 1.29. The molecule has 0 radical (unpaired) electrons. The van der Waals surface area contributed by atoms with Crippen LogP contribution in [0, 0.1) is 0 Å². The van der Waals surface area contributed by atoms with Gasteiger partial charge < -0.3 is 4.90 Å². The molecule has 4 heteroatoms. The minimum atomic E-state index is 1.11. The highest BCUT2D eigenvalue weighted by atomic mass is 32.1. The second-order valence-corrected chi connectivity index (χ2v) is 14.2. The molecule has 220 valence electrons. The summed E-state index contributed by atoms with van der Waals surface area (Å²) in [5.74, 6) is 0. The Morgan fingerprint density at radius 2 is 0.957 bits per heavy atom. The lowest BCUT2D eigenvalue weighted by Crippen LogP contribution is -2.09. The number of nitrogens with zero attached hydrogens (tertiary/aromatic N) is 2. The standard InChI is InChI=1S/C43H26N2S2/c1-3-9-34-28(6-1)13-21-38-42(34)36-19-17-32(24-40(36)46-38)45(31-15-11-27(12-16-31)30-8-5-23-44-26-30)33-18-20-37-41(25-33)47-39-22-14-29-7-2-4-10-35(29)43(37)39/h1-26H. The number of hydrogen-bond donors (Lipinski definition) is 0. The van der Waals surface area contributed by atoms with Crippen LogP contribution in [0.4, 0.5) is 17.1 Å². The third kappa shape index (κ3) is 4.26. The average Bonchev–Trinajstić information content (AvgIpc) is 3.70. The van der Waals surface area contributed by atoms with E-state index in [1.165, 1.54) is 61.9 Å². The molecule has 0 aliphatic rings. The van der Waals surface area contributed by atoms with Gasteiger partial charge in [-0.1, -0.05) is 91.0 Å². The van der Waals surface area contributed by atoms with Crippen LogP contribution in [0.25, 0.3) is 73.0 Å². The molecule has 0 spiro atoms. The van der Waals surface area contributed by atoms with Crippen LogP contribution in [0.1, 0.15) is 0 Å². The van der Waals surface area contributed by atoms with E-state index in [-0.39, 0.29) is 0 Å². The van der Waals surface area contributed by atoms with Crippen LogP contribution in [0.3, 0.4) is 0 Å². The topological polar surface area (TPSA) is 16.1 Å². The molecule has 0 bridgehead atoms. The first kappa shape index (κ1) is 26.6. The van der Waals surface area contributed by atoms with E-state index in [1.54, 1.807) is 0 Å². The minimum absolute atomic E-state index is 1.11. The van der Waals surface area contributed by atoms with E-state index < -0.39 is 0 Å². The van der Waals surface area contributed by atoms with Gasteiger partial charge in [0.2, 0.25) is 0 Å². The third-order valence-corrected chi connectivity index (χ3v) is 11.6. The smallest absolute Gasteiger partial charge is 0.0476 e. The lowest BCUT2D eigenvalue weighted by atomic mass is 10.0. The lowest BCUT2D eigenvalue weighted by Gasteiger charge is -2.26. The number of rotatable bonds is 4. The van der Waals surface area contributed by atoms with Crippen molar-refractivity contribution in [3.8, 4) is 11.1 Å². The Morgan fingerprint density at radius 1 is 0.404 bits per heavy atom. The normalized spacial score (nSPS) is 11.8. The molecule has 3 heterocycles. The summed E-state index contributed by atoms with van der Waals surface area (Å²) < 4.78 is 5.23. The Kier molecular flexibility index (Phi) is 5.95. The van der Waals surface area contributed by atoms with Crippen molar-refractivity contribution in [2.75, 3.05) is 4.90 Å². The summed E-state index contributed by atoms with van der Waals surface area (Å²) in [7, 11) is 0. The molecular weight excluding hydrogens is 609 g/mol. The first-order valence-electron chi connectivity index (χ1n) is 15.8. The highest BCUT2D eigenvalue weighted by molar-refractivity contribution is 7.26. The predicted molar refractivity (Wildman–Crippen MR) is 205 cm³/mol. The number of aromatic nitrogens is 1. The summed E-state index contributed by atoms with van der Waals surface area (Å²) in [5.41, 5.74) is 5.68. The number of benzene rings is 7. The maximum absolute atomic E-state index is 4.34. The Morgan fingerprint density at radius 3 is 1.51 bits per heavy atom. The van der Waals surface area contributed by atoms with Crippen LogP contribution < -0.4 is 4.90 Å². The van der Waals surface area contributed by atoms with Gasteiger partial charge in [0.1, 0.15) is 0 Å². The number of fused-ring (bicyclic) bond motifs is 10. The van der Waals surface area contributed by atoms with Gasteiger partial charge in [0.05, 0.1) is 0 Å². The number of thiophene rings is 2. The zero-order chi connectivity index (χ0) is 30.9. The molecular formula is C43H26N2S2. The van der Waals surface area contributed by atoms with E-state index >= 15 is 0 Å².